The van der Waals surface area contributed by atoms with Crippen molar-refractivity contribution in [3.63, 3.8) is 0 Å². The van der Waals surface area contributed by atoms with Gasteiger partial charge in [0.25, 0.3) is 0 Å². The summed E-state index contributed by atoms with van der Waals surface area (Å²) in [6, 6.07) is 0. The van der Waals surface area contributed by atoms with Crippen LogP contribution in [0.3, 0.4) is 0 Å². The van der Waals surface area contributed by atoms with E-state index in [9.17, 15) is 8.42 Å². The number of rotatable bonds is 3. The summed E-state index contributed by atoms with van der Waals surface area (Å²) in [5, 5.41) is 9.12. The first-order chi connectivity index (χ1) is 5.47. The molecule has 72 valence electrons. The van der Waals surface area contributed by atoms with Crippen molar-refractivity contribution < 1.29 is 13.5 Å². The molecule has 3 nitrogen and oxygen atoms in total. The van der Waals surface area contributed by atoms with Crippen LogP contribution in [0.2, 0.25) is 0 Å². The van der Waals surface area contributed by atoms with Gasteiger partial charge in [0.2, 0.25) is 0 Å². The fraction of sp³-hybridized carbons (Fsp3) is 1.00. The second-order valence-corrected chi connectivity index (χ2v) is 6.08. The Morgan fingerprint density at radius 2 is 1.83 bits per heavy atom. The van der Waals surface area contributed by atoms with Crippen molar-refractivity contribution in [3.8, 4) is 0 Å². The van der Waals surface area contributed by atoms with Crippen molar-refractivity contribution in [1.82, 2.24) is 0 Å². The molecule has 0 aromatic carbocycles. The minimum atomic E-state index is -2.94. The summed E-state index contributed by atoms with van der Waals surface area (Å²) in [7, 11) is -2.94. The summed E-state index contributed by atoms with van der Waals surface area (Å²) in [6.07, 6.45) is 5.06. The highest BCUT2D eigenvalue weighted by molar-refractivity contribution is 7.90. The normalized spacial score (nSPS) is 22.8. The molecule has 0 saturated heterocycles. The molecular weight excluding hydrogens is 176 g/mol. The molecule has 0 heterocycles. The lowest BCUT2D eigenvalue weighted by Crippen LogP contribution is -2.30. The van der Waals surface area contributed by atoms with Crippen LogP contribution in [0.4, 0.5) is 0 Å². The Hall–Kier alpha value is -0.0900. The molecule has 4 heteroatoms. The molecule has 0 aromatic rings. The zero-order valence-corrected chi connectivity index (χ0v) is 8.23. The highest BCUT2D eigenvalue weighted by atomic mass is 32.2. The molecule has 1 saturated carbocycles. The van der Waals surface area contributed by atoms with Crippen LogP contribution in [-0.2, 0) is 9.84 Å². The topological polar surface area (TPSA) is 54.4 Å². The van der Waals surface area contributed by atoms with Gasteiger partial charge >= 0.3 is 0 Å². The van der Waals surface area contributed by atoms with E-state index >= 15 is 0 Å². The lowest BCUT2D eigenvalue weighted by molar-refractivity contribution is 0.151. The largest absolute Gasteiger partial charge is 0.396 e. The quantitative estimate of drug-likeness (QED) is 0.711. The van der Waals surface area contributed by atoms with E-state index in [4.69, 9.17) is 5.11 Å². The maximum atomic E-state index is 11.0. The highest BCUT2D eigenvalue weighted by Gasteiger charge is 2.36. The summed E-state index contributed by atoms with van der Waals surface area (Å²) >= 11 is 0. The van der Waals surface area contributed by atoms with Gasteiger partial charge in [-0.2, -0.15) is 0 Å². The van der Waals surface area contributed by atoms with Crippen molar-refractivity contribution in [1.29, 1.82) is 0 Å². The minimum absolute atomic E-state index is 0.0140. The number of sulfone groups is 1. The summed E-state index contributed by atoms with van der Waals surface area (Å²) in [5.41, 5.74) is -0.312. The van der Waals surface area contributed by atoms with E-state index in [1.54, 1.807) is 0 Å². The average Bonchev–Trinajstić information content (AvgIpc) is 2.34. The van der Waals surface area contributed by atoms with E-state index in [-0.39, 0.29) is 17.8 Å². The van der Waals surface area contributed by atoms with Crippen molar-refractivity contribution >= 4 is 9.84 Å². The molecule has 1 aliphatic rings. The fourth-order valence-electron chi connectivity index (χ4n) is 2.03. The number of aliphatic hydroxyl groups excluding tert-OH is 1. The molecule has 0 amide bonds. The minimum Gasteiger partial charge on any atom is -0.396 e. The summed E-state index contributed by atoms with van der Waals surface area (Å²) in [6.45, 7) is 0.0140. The van der Waals surface area contributed by atoms with Gasteiger partial charge in [-0.3, -0.25) is 0 Å². The molecule has 1 N–H and O–H groups in total. The van der Waals surface area contributed by atoms with Gasteiger partial charge in [0.1, 0.15) is 9.84 Å². The zero-order chi connectivity index (χ0) is 9.24. The fourth-order valence-corrected chi connectivity index (χ4v) is 3.52. The molecule has 0 spiro atoms. The van der Waals surface area contributed by atoms with Gasteiger partial charge in [0.15, 0.2) is 0 Å². The average molecular weight is 192 g/mol. The molecule has 1 fully saturated rings. The van der Waals surface area contributed by atoms with Gasteiger partial charge < -0.3 is 5.11 Å². The molecule has 0 aromatic heterocycles. The molecular formula is C8H16O3S. The van der Waals surface area contributed by atoms with Crippen LogP contribution < -0.4 is 0 Å². The van der Waals surface area contributed by atoms with Gasteiger partial charge in [-0.25, -0.2) is 8.42 Å². The molecule has 0 radical (unpaired) electrons. The monoisotopic (exact) mass is 192 g/mol. The smallest absolute Gasteiger partial charge is 0.148 e. The van der Waals surface area contributed by atoms with Crippen molar-refractivity contribution in [3.05, 3.63) is 0 Å². The summed E-state index contributed by atoms with van der Waals surface area (Å²) in [5.74, 6) is 0.149. The molecule has 0 bridgehead atoms. The van der Waals surface area contributed by atoms with Crippen LogP contribution >= 0.6 is 0 Å². The van der Waals surface area contributed by atoms with Crippen LogP contribution in [0.5, 0.6) is 0 Å². The van der Waals surface area contributed by atoms with Gasteiger partial charge in [-0.1, -0.05) is 12.8 Å². The highest BCUT2D eigenvalue weighted by Crippen LogP contribution is 2.38. The molecule has 0 unspecified atom stereocenters. The van der Waals surface area contributed by atoms with Gasteiger partial charge in [0.05, 0.1) is 5.75 Å². The Balaban J connectivity index is 2.68. The number of hydrogen-bond acceptors (Lipinski definition) is 3. The van der Waals surface area contributed by atoms with Gasteiger partial charge in [0, 0.05) is 18.3 Å². The van der Waals surface area contributed by atoms with Gasteiger partial charge in [-0.15, -0.1) is 0 Å². The first-order valence-electron chi connectivity index (χ1n) is 4.26. The zero-order valence-electron chi connectivity index (χ0n) is 7.41. The van der Waals surface area contributed by atoms with E-state index in [0.717, 1.165) is 25.7 Å². The number of aliphatic hydroxyl groups is 1. The van der Waals surface area contributed by atoms with Crippen LogP contribution in [0, 0.1) is 5.41 Å². The second kappa shape index (κ2) is 3.34. The van der Waals surface area contributed by atoms with Gasteiger partial charge in [-0.05, 0) is 12.8 Å². The Labute approximate surface area is 73.7 Å². The predicted molar refractivity (Wildman–Crippen MR) is 47.7 cm³/mol. The second-order valence-electron chi connectivity index (χ2n) is 3.94. The first kappa shape index (κ1) is 9.99. The molecule has 12 heavy (non-hydrogen) atoms. The van der Waals surface area contributed by atoms with Crippen LogP contribution in [0.25, 0.3) is 0 Å². The predicted octanol–water partition coefficient (Wildman–Crippen LogP) is 0.584. The third-order valence-electron chi connectivity index (χ3n) is 2.57. The Morgan fingerprint density at radius 1 is 1.33 bits per heavy atom. The lowest BCUT2D eigenvalue weighted by atomic mass is 9.90. The Bertz CT molecular complexity index is 237. The third kappa shape index (κ3) is 2.45. The molecule has 0 aliphatic heterocycles. The lowest BCUT2D eigenvalue weighted by Gasteiger charge is -2.24. The molecule has 0 atom stereocenters. The molecule has 1 rings (SSSR count). The van der Waals surface area contributed by atoms with E-state index in [0.29, 0.717) is 0 Å². The summed E-state index contributed by atoms with van der Waals surface area (Å²) < 4.78 is 22.1. The van der Waals surface area contributed by atoms with Crippen LogP contribution in [-0.4, -0.2) is 32.1 Å². The van der Waals surface area contributed by atoms with Crippen LogP contribution in [0.15, 0.2) is 0 Å². The Morgan fingerprint density at radius 3 is 2.17 bits per heavy atom. The van der Waals surface area contributed by atoms with E-state index in [2.05, 4.69) is 0 Å². The van der Waals surface area contributed by atoms with E-state index in [1.807, 2.05) is 0 Å². The summed E-state index contributed by atoms with van der Waals surface area (Å²) in [4.78, 5) is 0. The maximum absolute atomic E-state index is 11.0. The van der Waals surface area contributed by atoms with Crippen LogP contribution in [0.1, 0.15) is 25.7 Å². The van der Waals surface area contributed by atoms with E-state index < -0.39 is 9.84 Å². The van der Waals surface area contributed by atoms with Crippen molar-refractivity contribution in [2.24, 2.45) is 5.41 Å². The third-order valence-corrected chi connectivity index (χ3v) is 3.70. The molecule has 1 aliphatic carbocycles. The number of hydrogen-bond donors (Lipinski definition) is 1. The van der Waals surface area contributed by atoms with E-state index in [1.165, 1.54) is 6.26 Å². The standard InChI is InChI=1S/C8H16O3S/c1-12(10,11)7-8(6-9)4-2-3-5-8/h9H,2-7H2,1H3. The van der Waals surface area contributed by atoms with Crippen molar-refractivity contribution in [2.75, 3.05) is 18.6 Å². The first-order valence-corrected chi connectivity index (χ1v) is 6.32. The Kier molecular flexibility index (Phi) is 2.78. The SMILES string of the molecule is CS(=O)(=O)CC1(CO)CCCC1. The maximum Gasteiger partial charge on any atom is 0.148 e. The van der Waals surface area contributed by atoms with Crippen molar-refractivity contribution in [2.45, 2.75) is 25.7 Å².